The van der Waals surface area contributed by atoms with Gasteiger partial charge in [-0.05, 0) is 24.5 Å². The number of aromatic nitrogens is 3. The van der Waals surface area contributed by atoms with Crippen molar-refractivity contribution in [3.8, 4) is 0 Å². The summed E-state index contributed by atoms with van der Waals surface area (Å²) in [5.74, 6) is 0. The number of nitrogens with zero attached hydrogens (tertiary/aromatic N) is 4. The Balaban J connectivity index is 0.00000210. The second kappa shape index (κ2) is 8.48. The Bertz CT molecular complexity index is 968. The Morgan fingerprint density at radius 3 is 2.81 bits per heavy atom. The average molecular weight is 406 g/mol. The first kappa shape index (κ1) is 19.9. The normalized spacial score (nSPS) is 17.8. The molecule has 1 aliphatic heterocycles. The van der Waals surface area contributed by atoms with E-state index < -0.39 is 0 Å². The van der Waals surface area contributed by atoms with E-state index in [9.17, 15) is 4.79 Å². The lowest BCUT2D eigenvalue weighted by Gasteiger charge is -2.36. The fourth-order valence-electron chi connectivity index (χ4n) is 3.44. The highest BCUT2D eigenvalue weighted by molar-refractivity contribution is 7.16. The molecule has 1 N–H and O–H groups in total. The van der Waals surface area contributed by atoms with Gasteiger partial charge in [0.1, 0.15) is 5.01 Å². The van der Waals surface area contributed by atoms with Crippen molar-refractivity contribution in [3.63, 3.8) is 0 Å². The number of fused-ring (bicyclic) bond motifs is 1. The number of hydrogen-bond acceptors (Lipinski definition) is 6. The third-order valence-electron chi connectivity index (χ3n) is 4.88. The molecule has 2 aromatic heterocycles. The molecule has 1 aromatic carbocycles. The van der Waals surface area contributed by atoms with Gasteiger partial charge in [-0.2, -0.15) is 9.61 Å². The van der Waals surface area contributed by atoms with Crippen LogP contribution in [0.1, 0.15) is 34.8 Å². The molecule has 1 atom stereocenters. The number of piperazine rings is 1. The highest BCUT2D eigenvalue weighted by Gasteiger charge is 2.25. The summed E-state index contributed by atoms with van der Waals surface area (Å²) in [6, 6.07) is 10.7. The second-order valence-corrected chi connectivity index (χ2v) is 7.75. The summed E-state index contributed by atoms with van der Waals surface area (Å²) in [6.45, 7) is 7.59. The minimum Gasteiger partial charge on any atom is -0.314 e. The number of rotatable bonds is 4. The number of halogens is 1. The molecule has 1 unspecified atom stereocenters. The highest BCUT2D eigenvalue weighted by Crippen LogP contribution is 2.25. The monoisotopic (exact) mass is 405 g/mol. The van der Waals surface area contributed by atoms with Crippen molar-refractivity contribution in [1.82, 2.24) is 24.8 Å². The standard InChI is InChI=1S/C19H23N5OS.ClH/c1-3-14-4-6-15(7-5-14)16-11-20-8-9-23(16)12-17-22-24-18(25)10-13(2)21-19(24)26-17;/h4-7,10,16,20H,3,8-9,11-12H2,1-2H3;1H. The van der Waals surface area contributed by atoms with Crippen LogP contribution in [0.2, 0.25) is 0 Å². The van der Waals surface area contributed by atoms with Gasteiger partial charge in [0, 0.05) is 37.4 Å². The van der Waals surface area contributed by atoms with Crippen molar-refractivity contribution in [2.75, 3.05) is 19.6 Å². The van der Waals surface area contributed by atoms with Gasteiger partial charge in [0.2, 0.25) is 4.96 Å². The number of hydrogen-bond donors (Lipinski definition) is 1. The summed E-state index contributed by atoms with van der Waals surface area (Å²) in [4.78, 5) is 19.6. The zero-order chi connectivity index (χ0) is 18.1. The van der Waals surface area contributed by atoms with Gasteiger partial charge in [-0.1, -0.05) is 42.5 Å². The first-order valence-electron chi connectivity index (χ1n) is 9.04. The van der Waals surface area contributed by atoms with Gasteiger partial charge >= 0.3 is 0 Å². The molecule has 27 heavy (non-hydrogen) atoms. The van der Waals surface area contributed by atoms with Crippen LogP contribution >= 0.6 is 23.7 Å². The number of benzene rings is 1. The van der Waals surface area contributed by atoms with Crippen molar-refractivity contribution in [2.24, 2.45) is 0 Å². The first-order valence-corrected chi connectivity index (χ1v) is 9.85. The lowest BCUT2D eigenvalue weighted by atomic mass is 10.0. The molecule has 1 saturated heterocycles. The topological polar surface area (TPSA) is 62.5 Å². The minimum atomic E-state index is -0.109. The second-order valence-electron chi connectivity index (χ2n) is 6.71. The van der Waals surface area contributed by atoms with Gasteiger partial charge < -0.3 is 5.32 Å². The van der Waals surface area contributed by atoms with Gasteiger partial charge in [-0.3, -0.25) is 9.69 Å². The van der Waals surface area contributed by atoms with E-state index in [1.165, 1.54) is 33.0 Å². The predicted molar refractivity (Wildman–Crippen MR) is 111 cm³/mol. The van der Waals surface area contributed by atoms with E-state index in [2.05, 4.69) is 51.5 Å². The van der Waals surface area contributed by atoms with Gasteiger partial charge in [0.05, 0.1) is 6.54 Å². The van der Waals surface area contributed by atoms with Crippen LogP contribution < -0.4 is 10.9 Å². The van der Waals surface area contributed by atoms with E-state index in [0.717, 1.165) is 43.3 Å². The molecule has 4 rings (SSSR count). The fourth-order valence-corrected chi connectivity index (χ4v) is 4.41. The van der Waals surface area contributed by atoms with E-state index >= 15 is 0 Å². The Morgan fingerprint density at radius 1 is 1.30 bits per heavy atom. The van der Waals surface area contributed by atoms with Crippen molar-refractivity contribution < 1.29 is 0 Å². The molecule has 3 heterocycles. The van der Waals surface area contributed by atoms with E-state index in [1.54, 1.807) is 0 Å². The van der Waals surface area contributed by atoms with Crippen LogP contribution in [0, 0.1) is 6.92 Å². The molecule has 0 amide bonds. The van der Waals surface area contributed by atoms with Crippen LogP contribution in [-0.2, 0) is 13.0 Å². The van der Waals surface area contributed by atoms with Crippen molar-refractivity contribution in [2.45, 2.75) is 32.9 Å². The van der Waals surface area contributed by atoms with Crippen molar-refractivity contribution in [1.29, 1.82) is 0 Å². The molecule has 144 valence electrons. The summed E-state index contributed by atoms with van der Waals surface area (Å²) in [6.07, 6.45) is 1.06. The average Bonchev–Trinajstić information content (AvgIpc) is 3.05. The Morgan fingerprint density at radius 2 is 2.07 bits per heavy atom. The lowest BCUT2D eigenvalue weighted by molar-refractivity contribution is 0.153. The van der Waals surface area contributed by atoms with Gasteiger partial charge in [-0.15, -0.1) is 12.4 Å². The van der Waals surface area contributed by atoms with Crippen LogP contribution in [0.3, 0.4) is 0 Å². The zero-order valence-electron chi connectivity index (χ0n) is 15.5. The minimum absolute atomic E-state index is 0. The van der Waals surface area contributed by atoms with Gasteiger partial charge in [0.15, 0.2) is 0 Å². The van der Waals surface area contributed by atoms with E-state index in [-0.39, 0.29) is 18.0 Å². The lowest BCUT2D eigenvalue weighted by Crippen LogP contribution is -2.45. The SMILES string of the molecule is CCc1ccc(C2CNCCN2Cc2nn3c(=O)cc(C)nc3s2)cc1.Cl. The van der Waals surface area contributed by atoms with Crippen LogP contribution in [-0.4, -0.2) is 39.1 Å². The zero-order valence-corrected chi connectivity index (χ0v) is 17.1. The maximum Gasteiger partial charge on any atom is 0.275 e. The fraction of sp³-hybridized carbons (Fsp3) is 0.421. The molecule has 0 radical (unpaired) electrons. The van der Waals surface area contributed by atoms with Crippen LogP contribution in [0.5, 0.6) is 0 Å². The van der Waals surface area contributed by atoms with Gasteiger partial charge in [0.25, 0.3) is 5.56 Å². The Hall–Kier alpha value is -1.80. The van der Waals surface area contributed by atoms with Crippen molar-refractivity contribution >= 4 is 28.7 Å². The molecular weight excluding hydrogens is 382 g/mol. The molecule has 8 heteroatoms. The molecule has 1 fully saturated rings. The van der Waals surface area contributed by atoms with Crippen molar-refractivity contribution in [3.05, 3.63) is 62.5 Å². The largest absolute Gasteiger partial charge is 0.314 e. The number of aryl methyl sites for hydroxylation is 2. The number of nitrogens with one attached hydrogen (secondary N) is 1. The maximum absolute atomic E-state index is 12.1. The Kier molecular flexibility index (Phi) is 6.26. The smallest absolute Gasteiger partial charge is 0.275 e. The van der Waals surface area contributed by atoms with Crippen LogP contribution in [0.25, 0.3) is 4.96 Å². The molecule has 3 aromatic rings. The predicted octanol–water partition coefficient (Wildman–Crippen LogP) is 2.59. The summed E-state index contributed by atoms with van der Waals surface area (Å²) < 4.78 is 1.42. The van der Waals surface area contributed by atoms with E-state index in [1.807, 2.05) is 6.92 Å². The third-order valence-corrected chi connectivity index (χ3v) is 5.77. The summed E-state index contributed by atoms with van der Waals surface area (Å²) in [7, 11) is 0. The van der Waals surface area contributed by atoms with E-state index in [4.69, 9.17) is 0 Å². The third kappa shape index (κ3) is 4.21. The molecule has 6 nitrogen and oxygen atoms in total. The van der Waals surface area contributed by atoms with E-state index in [0.29, 0.717) is 11.0 Å². The molecule has 0 aliphatic carbocycles. The molecule has 0 bridgehead atoms. The maximum atomic E-state index is 12.1. The van der Waals surface area contributed by atoms with Gasteiger partial charge in [-0.25, -0.2) is 4.98 Å². The summed E-state index contributed by atoms with van der Waals surface area (Å²) >= 11 is 1.50. The molecular formula is C19H24ClN5OS. The quantitative estimate of drug-likeness (QED) is 0.722. The highest BCUT2D eigenvalue weighted by atomic mass is 35.5. The summed E-state index contributed by atoms with van der Waals surface area (Å²) in [5.41, 5.74) is 3.31. The Labute approximate surface area is 168 Å². The molecule has 1 aliphatic rings. The van der Waals surface area contributed by atoms with Crippen LogP contribution in [0.15, 0.2) is 35.1 Å². The van der Waals surface area contributed by atoms with Crippen LogP contribution in [0.4, 0.5) is 0 Å². The summed E-state index contributed by atoms with van der Waals surface area (Å²) in [5, 5.41) is 8.92. The first-order chi connectivity index (χ1) is 12.6. The molecule has 0 spiro atoms. The molecule has 0 saturated carbocycles.